The van der Waals surface area contributed by atoms with Gasteiger partial charge in [-0.2, -0.15) is 0 Å². The lowest BCUT2D eigenvalue weighted by molar-refractivity contribution is -0.150. The van der Waals surface area contributed by atoms with Gasteiger partial charge < -0.3 is 14.5 Å². The van der Waals surface area contributed by atoms with Gasteiger partial charge in [0.25, 0.3) is 0 Å². The van der Waals surface area contributed by atoms with E-state index in [0.29, 0.717) is 37.0 Å². The molecule has 4 rings (SSSR count). The zero-order chi connectivity index (χ0) is 24.8. The minimum absolute atomic E-state index is 0.00227. The number of benzene rings is 1. The zero-order valence-electron chi connectivity index (χ0n) is 19.8. The summed E-state index contributed by atoms with van der Waals surface area (Å²) in [4.78, 5) is 35.0. The highest BCUT2D eigenvalue weighted by atomic mass is 35.5. The van der Waals surface area contributed by atoms with Gasteiger partial charge in [-0.15, -0.1) is 11.3 Å². The van der Waals surface area contributed by atoms with Crippen LogP contribution in [0.2, 0.25) is 5.02 Å². The van der Waals surface area contributed by atoms with Crippen LogP contribution in [0.25, 0.3) is 17.2 Å². The van der Waals surface area contributed by atoms with E-state index < -0.39 is 6.04 Å². The summed E-state index contributed by atoms with van der Waals surface area (Å²) < 4.78 is 5.12. The molecule has 0 aliphatic carbocycles. The summed E-state index contributed by atoms with van der Waals surface area (Å²) >= 11 is 7.44. The molecule has 35 heavy (non-hydrogen) atoms. The monoisotopic (exact) mass is 509 g/mol. The van der Waals surface area contributed by atoms with Crippen LogP contribution in [0.15, 0.2) is 60.1 Å². The Morgan fingerprint density at radius 2 is 1.97 bits per heavy atom. The molecule has 0 unspecified atom stereocenters. The van der Waals surface area contributed by atoms with Crippen molar-refractivity contribution in [2.75, 3.05) is 20.2 Å². The van der Waals surface area contributed by atoms with Crippen molar-refractivity contribution in [3.8, 4) is 17.0 Å². The maximum Gasteiger partial charge on any atom is 0.247 e. The minimum atomic E-state index is -0.442. The van der Waals surface area contributed by atoms with Gasteiger partial charge in [0.2, 0.25) is 17.7 Å². The number of carbonyl (C=O) groups excluding carboxylic acids is 2. The number of hydrogen-bond acceptors (Lipinski definition) is 5. The lowest BCUT2D eigenvalue weighted by Crippen LogP contribution is -2.58. The van der Waals surface area contributed by atoms with Gasteiger partial charge in [-0.05, 0) is 35.8 Å². The predicted molar refractivity (Wildman–Crippen MR) is 140 cm³/mol. The van der Waals surface area contributed by atoms with Crippen LogP contribution in [-0.4, -0.2) is 52.8 Å². The first kappa shape index (κ1) is 24.9. The standard InChI is InChI=1S/C27H28ClN3O3S/c1-3-4-24-27(33)30(13-14-31(24)26(32)12-10-23-15-22(28)18-35-23)17-19-5-7-20(8-6-19)21-9-11-25(34-2)29-16-21/h5-12,15-16,18,24H,3-4,13-14,17H2,1-2H3/t24-/m0/s1. The lowest BCUT2D eigenvalue weighted by atomic mass is 10.0. The second kappa shape index (κ2) is 11.5. The van der Waals surface area contributed by atoms with Crippen LogP contribution in [0.1, 0.15) is 30.2 Å². The van der Waals surface area contributed by atoms with E-state index in [1.165, 1.54) is 11.3 Å². The number of pyridine rings is 1. The summed E-state index contributed by atoms with van der Waals surface area (Å²) in [5.41, 5.74) is 3.10. The predicted octanol–water partition coefficient (Wildman–Crippen LogP) is 5.53. The summed E-state index contributed by atoms with van der Waals surface area (Å²) in [6.45, 7) is 3.57. The molecule has 0 saturated carbocycles. The van der Waals surface area contributed by atoms with E-state index in [9.17, 15) is 9.59 Å². The topological polar surface area (TPSA) is 62.7 Å². The molecule has 1 saturated heterocycles. The van der Waals surface area contributed by atoms with Crippen LogP contribution in [-0.2, 0) is 16.1 Å². The first-order chi connectivity index (χ1) is 17.0. The Morgan fingerprint density at radius 1 is 1.20 bits per heavy atom. The Hall–Kier alpha value is -3.16. The molecule has 1 fully saturated rings. The number of aromatic nitrogens is 1. The number of hydrogen-bond donors (Lipinski definition) is 0. The third-order valence-electron chi connectivity index (χ3n) is 6.01. The number of ether oxygens (including phenoxy) is 1. The van der Waals surface area contributed by atoms with Crippen LogP contribution in [0, 0.1) is 0 Å². The van der Waals surface area contributed by atoms with E-state index in [1.54, 1.807) is 30.4 Å². The molecule has 0 radical (unpaired) electrons. The van der Waals surface area contributed by atoms with Crippen molar-refractivity contribution in [1.82, 2.24) is 14.8 Å². The summed E-state index contributed by atoms with van der Waals surface area (Å²) in [5, 5.41) is 2.48. The molecule has 3 aromatic rings. The van der Waals surface area contributed by atoms with Gasteiger partial charge in [-0.25, -0.2) is 4.98 Å². The summed E-state index contributed by atoms with van der Waals surface area (Å²) in [6, 6.07) is 13.3. The third-order valence-corrected chi connectivity index (χ3v) is 7.26. The number of thiophene rings is 1. The second-order valence-electron chi connectivity index (χ2n) is 8.38. The van der Waals surface area contributed by atoms with Crippen molar-refractivity contribution >= 4 is 40.8 Å². The first-order valence-electron chi connectivity index (χ1n) is 11.6. The smallest absolute Gasteiger partial charge is 0.247 e. The van der Waals surface area contributed by atoms with Crippen molar-refractivity contribution in [1.29, 1.82) is 0 Å². The Balaban J connectivity index is 1.41. The largest absolute Gasteiger partial charge is 0.481 e. The van der Waals surface area contributed by atoms with Gasteiger partial charge >= 0.3 is 0 Å². The average molecular weight is 510 g/mol. The van der Waals surface area contributed by atoms with E-state index in [0.717, 1.165) is 28.0 Å². The highest BCUT2D eigenvalue weighted by Crippen LogP contribution is 2.24. The first-order valence-corrected chi connectivity index (χ1v) is 12.8. The molecule has 1 aliphatic heterocycles. The Morgan fingerprint density at radius 3 is 2.60 bits per heavy atom. The SMILES string of the molecule is CCC[C@H]1C(=O)N(Cc2ccc(-c3ccc(OC)nc3)cc2)CCN1C(=O)C=Cc1cc(Cl)cs1. The molecule has 2 aromatic heterocycles. The van der Waals surface area contributed by atoms with Gasteiger partial charge in [0.1, 0.15) is 6.04 Å². The van der Waals surface area contributed by atoms with Gasteiger partial charge in [-0.1, -0.05) is 49.2 Å². The van der Waals surface area contributed by atoms with Crippen molar-refractivity contribution in [2.24, 2.45) is 0 Å². The molecular formula is C27H28ClN3O3S. The van der Waals surface area contributed by atoms with Crippen LogP contribution in [0.4, 0.5) is 0 Å². The fraction of sp³-hybridized carbons (Fsp3) is 0.296. The lowest BCUT2D eigenvalue weighted by Gasteiger charge is -2.40. The zero-order valence-corrected chi connectivity index (χ0v) is 21.4. The third kappa shape index (κ3) is 6.10. The van der Waals surface area contributed by atoms with Crippen molar-refractivity contribution in [3.05, 3.63) is 75.6 Å². The molecule has 0 bridgehead atoms. The van der Waals surface area contributed by atoms with Gasteiger partial charge in [0.05, 0.1) is 12.1 Å². The molecule has 0 N–H and O–H groups in total. The molecule has 8 heteroatoms. The van der Waals surface area contributed by atoms with Crippen LogP contribution in [0.3, 0.4) is 0 Å². The fourth-order valence-corrected chi connectivity index (χ4v) is 5.15. The normalized spacial score (nSPS) is 16.2. The molecule has 0 spiro atoms. The number of carbonyl (C=O) groups is 2. The maximum absolute atomic E-state index is 13.3. The van der Waals surface area contributed by atoms with E-state index in [-0.39, 0.29) is 11.8 Å². The van der Waals surface area contributed by atoms with E-state index in [2.05, 4.69) is 4.98 Å². The molecule has 1 aliphatic rings. The summed E-state index contributed by atoms with van der Waals surface area (Å²) in [5.74, 6) is 0.440. The summed E-state index contributed by atoms with van der Waals surface area (Å²) in [7, 11) is 1.59. The van der Waals surface area contributed by atoms with Gasteiger partial charge in [0, 0.05) is 53.8 Å². The quantitative estimate of drug-likeness (QED) is 0.375. The molecule has 6 nitrogen and oxygen atoms in total. The molecule has 1 aromatic carbocycles. The van der Waals surface area contributed by atoms with E-state index in [4.69, 9.17) is 16.3 Å². The molecule has 1 atom stereocenters. The number of rotatable bonds is 8. The second-order valence-corrected chi connectivity index (χ2v) is 9.76. The van der Waals surface area contributed by atoms with Gasteiger partial charge in [0.15, 0.2) is 0 Å². The minimum Gasteiger partial charge on any atom is -0.481 e. The van der Waals surface area contributed by atoms with E-state index >= 15 is 0 Å². The van der Waals surface area contributed by atoms with Crippen LogP contribution < -0.4 is 4.74 Å². The number of amides is 2. The Labute approximate surface area is 214 Å². The van der Waals surface area contributed by atoms with Crippen LogP contribution >= 0.6 is 22.9 Å². The van der Waals surface area contributed by atoms with Crippen molar-refractivity contribution in [3.63, 3.8) is 0 Å². The molecule has 2 amide bonds. The average Bonchev–Trinajstić information content (AvgIpc) is 3.30. The number of methoxy groups -OCH3 is 1. The molecule has 182 valence electrons. The molecule has 3 heterocycles. The van der Waals surface area contributed by atoms with Crippen molar-refractivity contribution in [2.45, 2.75) is 32.4 Å². The highest BCUT2D eigenvalue weighted by molar-refractivity contribution is 7.11. The highest BCUT2D eigenvalue weighted by Gasteiger charge is 2.35. The maximum atomic E-state index is 13.3. The Kier molecular flexibility index (Phi) is 8.21. The summed E-state index contributed by atoms with van der Waals surface area (Å²) in [6.07, 6.45) is 6.55. The number of nitrogens with zero attached hydrogens (tertiary/aromatic N) is 3. The van der Waals surface area contributed by atoms with E-state index in [1.807, 2.05) is 59.7 Å². The van der Waals surface area contributed by atoms with Gasteiger partial charge in [-0.3, -0.25) is 9.59 Å². The van der Waals surface area contributed by atoms with Crippen LogP contribution in [0.5, 0.6) is 5.88 Å². The number of halogens is 1. The van der Waals surface area contributed by atoms with Crippen molar-refractivity contribution < 1.29 is 14.3 Å². The Bertz CT molecular complexity index is 1190. The fourth-order valence-electron chi connectivity index (χ4n) is 4.17. The number of piperazine rings is 1. The molecular weight excluding hydrogens is 482 g/mol.